The quantitative estimate of drug-likeness (QED) is 0.317. The number of H-pyrrole nitrogens is 1. The molecule has 0 spiro atoms. The number of nitrogens with zero attached hydrogens (tertiary/aromatic N) is 3. The van der Waals surface area contributed by atoms with E-state index >= 15 is 0 Å². The highest BCUT2D eigenvalue weighted by Crippen LogP contribution is 2.32. The summed E-state index contributed by atoms with van der Waals surface area (Å²) in [4.78, 5) is 26.4. The maximum absolute atomic E-state index is 11.4. The normalized spacial score (nSPS) is 15.8. The fraction of sp³-hybridized carbons (Fsp3) is 0.296. The lowest BCUT2D eigenvalue weighted by molar-refractivity contribution is -0.122. The summed E-state index contributed by atoms with van der Waals surface area (Å²) in [5, 5.41) is 6.75. The fourth-order valence-corrected chi connectivity index (χ4v) is 4.63. The van der Waals surface area contributed by atoms with Gasteiger partial charge in [0.2, 0.25) is 0 Å². The van der Waals surface area contributed by atoms with Gasteiger partial charge < -0.3 is 25.3 Å². The van der Waals surface area contributed by atoms with Crippen molar-refractivity contribution < 1.29 is 9.53 Å². The van der Waals surface area contributed by atoms with Crippen molar-refractivity contribution >= 4 is 34.4 Å². The molecule has 2 aromatic heterocycles. The van der Waals surface area contributed by atoms with Crippen LogP contribution >= 0.6 is 11.6 Å². The number of benzene rings is 2. The first-order valence-corrected chi connectivity index (χ1v) is 12.5. The van der Waals surface area contributed by atoms with Gasteiger partial charge in [0.15, 0.2) is 12.3 Å². The maximum atomic E-state index is 11.4. The molecule has 0 unspecified atom stereocenters. The molecule has 9 heteroatoms. The minimum atomic E-state index is -0.180. The Labute approximate surface area is 215 Å². The van der Waals surface area contributed by atoms with E-state index in [9.17, 15) is 4.79 Å². The second-order valence-electron chi connectivity index (χ2n) is 8.92. The summed E-state index contributed by atoms with van der Waals surface area (Å²) < 4.78 is 5.48. The summed E-state index contributed by atoms with van der Waals surface area (Å²) in [6.45, 7) is 3.03. The number of ether oxygens (including phenoxy) is 1. The van der Waals surface area contributed by atoms with Crippen molar-refractivity contribution in [2.45, 2.75) is 18.9 Å². The van der Waals surface area contributed by atoms with Crippen molar-refractivity contribution in [2.75, 3.05) is 38.6 Å². The predicted octanol–water partition coefficient (Wildman–Crippen LogP) is 4.13. The van der Waals surface area contributed by atoms with Gasteiger partial charge in [0, 0.05) is 38.3 Å². The minimum Gasteiger partial charge on any atom is -0.484 e. The summed E-state index contributed by atoms with van der Waals surface area (Å²) in [7, 11) is 1.58. The number of pyridine rings is 1. The molecule has 1 aliphatic rings. The molecule has 36 heavy (non-hydrogen) atoms. The summed E-state index contributed by atoms with van der Waals surface area (Å²) in [5.41, 5.74) is 4.48. The van der Waals surface area contributed by atoms with Crippen molar-refractivity contribution in [3.63, 3.8) is 0 Å². The minimum absolute atomic E-state index is 0.0250. The lowest BCUT2D eigenvalue weighted by atomic mass is 10.1. The molecule has 1 amide bonds. The first kappa shape index (κ1) is 24.1. The van der Waals surface area contributed by atoms with Crippen LogP contribution in [0.4, 0.5) is 5.69 Å². The van der Waals surface area contributed by atoms with Gasteiger partial charge in [0.25, 0.3) is 5.91 Å². The molecular weight excluding hydrogens is 476 g/mol. The molecule has 0 aliphatic carbocycles. The third kappa shape index (κ3) is 5.61. The first-order chi connectivity index (χ1) is 17.6. The largest absolute Gasteiger partial charge is 0.484 e. The molecule has 3 heterocycles. The average molecular weight is 505 g/mol. The predicted molar refractivity (Wildman–Crippen MR) is 143 cm³/mol. The number of amides is 1. The van der Waals surface area contributed by atoms with E-state index in [-0.39, 0.29) is 12.5 Å². The van der Waals surface area contributed by atoms with E-state index in [2.05, 4.69) is 60.8 Å². The number of hydrogen-bond donors (Lipinski definition) is 3. The van der Waals surface area contributed by atoms with Crippen molar-refractivity contribution in [3.8, 4) is 17.1 Å². The van der Waals surface area contributed by atoms with Crippen LogP contribution < -0.4 is 15.4 Å². The number of anilines is 1. The van der Waals surface area contributed by atoms with Crippen LogP contribution in [0.1, 0.15) is 12.0 Å². The van der Waals surface area contributed by atoms with E-state index in [0.29, 0.717) is 28.3 Å². The number of rotatable bonds is 9. The van der Waals surface area contributed by atoms with Crippen LogP contribution in [-0.2, 0) is 11.2 Å². The number of nitrogens with one attached hydrogen (secondary N) is 3. The van der Waals surface area contributed by atoms with E-state index in [1.807, 2.05) is 24.3 Å². The third-order valence-corrected chi connectivity index (χ3v) is 6.72. The molecule has 4 aromatic rings. The van der Waals surface area contributed by atoms with E-state index in [0.717, 1.165) is 49.2 Å². The zero-order chi connectivity index (χ0) is 24.9. The number of likely N-dealkylation sites (tertiary alicyclic amines) is 1. The van der Waals surface area contributed by atoms with Crippen molar-refractivity contribution in [1.82, 2.24) is 25.2 Å². The topological polar surface area (TPSA) is 95.2 Å². The molecule has 1 fully saturated rings. The van der Waals surface area contributed by atoms with E-state index < -0.39 is 0 Å². The highest BCUT2D eigenvalue weighted by molar-refractivity contribution is 6.34. The Bertz CT molecular complexity index is 1330. The smallest absolute Gasteiger partial charge is 0.257 e. The summed E-state index contributed by atoms with van der Waals surface area (Å²) in [6.07, 6.45) is 3.75. The summed E-state index contributed by atoms with van der Waals surface area (Å²) >= 11 is 6.57. The van der Waals surface area contributed by atoms with Gasteiger partial charge in [0.1, 0.15) is 17.1 Å². The molecule has 1 saturated heterocycles. The van der Waals surface area contributed by atoms with Gasteiger partial charge in [0.05, 0.1) is 16.9 Å². The Morgan fingerprint density at radius 3 is 2.78 bits per heavy atom. The molecule has 0 saturated carbocycles. The van der Waals surface area contributed by atoms with Crippen molar-refractivity contribution in [3.05, 3.63) is 71.4 Å². The molecular formula is C27H29ClN6O2. The average Bonchev–Trinajstić information content (AvgIpc) is 3.56. The molecule has 2 aromatic carbocycles. The second kappa shape index (κ2) is 11.0. The van der Waals surface area contributed by atoms with Gasteiger partial charge in [-0.25, -0.2) is 9.97 Å². The van der Waals surface area contributed by atoms with Crippen LogP contribution in [-0.4, -0.2) is 65.1 Å². The molecule has 5 rings (SSSR count). The Balaban J connectivity index is 1.26. The van der Waals surface area contributed by atoms with Crippen LogP contribution in [0.2, 0.25) is 5.02 Å². The van der Waals surface area contributed by atoms with Gasteiger partial charge in [-0.05, 0) is 42.7 Å². The number of hydrogen-bond acceptors (Lipinski definition) is 6. The van der Waals surface area contributed by atoms with Crippen LogP contribution in [0, 0.1) is 0 Å². The SMILES string of the molecule is CNC(=O)COc1ccc(-c2nc3ncc(Cl)c(N[C@H]4CCN(CCc5ccccc5)C4)c3[nH]2)cc1. The van der Waals surface area contributed by atoms with Crippen LogP contribution in [0.25, 0.3) is 22.6 Å². The maximum Gasteiger partial charge on any atom is 0.257 e. The lowest BCUT2D eigenvalue weighted by Crippen LogP contribution is -2.28. The Morgan fingerprint density at radius 1 is 1.19 bits per heavy atom. The number of aromatic nitrogens is 3. The Morgan fingerprint density at radius 2 is 2.00 bits per heavy atom. The lowest BCUT2D eigenvalue weighted by Gasteiger charge is -2.18. The summed E-state index contributed by atoms with van der Waals surface area (Å²) in [5.74, 6) is 1.12. The van der Waals surface area contributed by atoms with E-state index in [1.165, 1.54) is 5.56 Å². The zero-order valence-corrected chi connectivity index (χ0v) is 20.9. The third-order valence-electron chi connectivity index (χ3n) is 6.43. The monoisotopic (exact) mass is 504 g/mol. The summed E-state index contributed by atoms with van der Waals surface area (Å²) in [6, 6.07) is 18.3. The van der Waals surface area contributed by atoms with Gasteiger partial charge >= 0.3 is 0 Å². The van der Waals surface area contributed by atoms with Crippen molar-refractivity contribution in [2.24, 2.45) is 0 Å². The van der Waals surface area contributed by atoms with Crippen molar-refractivity contribution in [1.29, 1.82) is 0 Å². The molecule has 1 aliphatic heterocycles. The van der Waals surface area contributed by atoms with Crippen LogP contribution in [0.3, 0.4) is 0 Å². The molecule has 3 N–H and O–H groups in total. The molecule has 8 nitrogen and oxygen atoms in total. The number of carbonyl (C=O) groups is 1. The standard InChI is InChI=1S/C27H29ClN6O2/c1-29-23(35)17-36-21-9-7-19(8-10-21)26-32-25-24(22(28)15-30-27(25)33-26)31-20-12-14-34(16-20)13-11-18-5-3-2-4-6-18/h2-10,15,20H,11-14,16-17H2,1H3,(H,29,35)(H2,30,31,32,33)/t20-/m0/s1. The highest BCUT2D eigenvalue weighted by atomic mass is 35.5. The zero-order valence-electron chi connectivity index (χ0n) is 20.1. The number of halogens is 1. The molecule has 0 radical (unpaired) electrons. The van der Waals surface area contributed by atoms with Gasteiger partial charge in [-0.1, -0.05) is 41.9 Å². The highest BCUT2D eigenvalue weighted by Gasteiger charge is 2.24. The number of fused-ring (bicyclic) bond motifs is 1. The number of aromatic amines is 1. The van der Waals surface area contributed by atoms with Gasteiger partial charge in [-0.3, -0.25) is 4.79 Å². The van der Waals surface area contributed by atoms with Gasteiger partial charge in [-0.2, -0.15) is 0 Å². The Kier molecular flexibility index (Phi) is 7.34. The van der Waals surface area contributed by atoms with Crippen LogP contribution in [0.15, 0.2) is 60.8 Å². The van der Waals surface area contributed by atoms with E-state index in [1.54, 1.807) is 13.2 Å². The van der Waals surface area contributed by atoms with Gasteiger partial charge in [-0.15, -0.1) is 0 Å². The number of likely N-dealkylation sites (N-methyl/N-ethyl adjacent to an activating group) is 1. The van der Waals surface area contributed by atoms with E-state index in [4.69, 9.17) is 16.3 Å². The molecule has 1 atom stereocenters. The number of carbonyl (C=O) groups excluding carboxylic acids is 1. The fourth-order valence-electron chi connectivity index (χ4n) is 4.43. The molecule has 186 valence electrons. The second-order valence-corrected chi connectivity index (χ2v) is 9.32. The molecule has 0 bridgehead atoms. The number of imidazole rings is 1. The Hall–Kier alpha value is -3.62. The first-order valence-electron chi connectivity index (χ1n) is 12.1. The van der Waals surface area contributed by atoms with Crippen LogP contribution in [0.5, 0.6) is 5.75 Å².